The number of rotatable bonds is 6. The molecule has 0 saturated carbocycles. The maximum Gasteiger partial charge on any atom is 0.315 e. The number of carbonyl (C=O) groups is 1. The van der Waals surface area contributed by atoms with Crippen molar-refractivity contribution in [3.63, 3.8) is 0 Å². The smallest absolute Gasteiger partial charge is 0.315 e. The van der Waals surface area contributed by atoms with E-state index in [2.05, 4.69) is 22.8 Å². The second-order valence-corrected chi connectivity index (χ2v) is 6.77. The molecule has 6 heteroatoms. The van der Waals surface area contributed by atoms with E-state index in [0.717, 1.165) is 17.9 Å². The maximum atomic E-state index is 11.9. The first-order chi connectivity index (χ1) is 13.3. The van der Waals surface area contributed by atoms with Crippen molar-refractivity contribution in [1.29, 1.82) is 0 Å². The highest BCUT2D eigenvalue weighted by Gasteiger charge is 2.20. The molecule has 6 nitrogen and oxygen atoms in total. The van der Waals surface area contributed by atoms with Gasteiger partial charge in [0.25, 0.3) is 0 Å². The molecule has 1 aliphatic heterocycles. The van der Waals surface area contributed by atoms with Crippen LogP contribution in [0.5, 0.6) is 17.2 Å². The lowest BCUT2D eigenvalue weighted by Gasteiger charge is -2.26. The second kappa shape index (κ2) is 8.20. The average molecular weight is 368 g/mol. The molecule has 2 aromatic carbocycles. The van der Waals surface area contributed by atoms with E-state index in [-0.39, 0.29) is 12.1 Å². The van der Waals surface area contributed by atoms with E-state index in [1.807, 2.05) is 30.3 Å². The fraction of sp³-hybridized carbons (Fsp3) is 0.381. The van der Waals surface area contributed by atoms with Crippen molar-refractivity contribution in [1.82, 2.24) is 10.6 Å². The summed E-state index contributed by atoms with van der Waals surface area (Å²) in [6, 6.07) is 13.5. The highest BCUT2D eigenvalue weighted by atomic mass is 16.6. The molecule has 0 aromatic heterocycles. The van der Waals surface area contributed by atoms with Gasteiger partial charge in [0.15, 0.2) is 17.6 Å². The van der Waals surface area contributed by atoms with Crippen LogP contribution >= 0.6 is 0 Å². The lowest BCUT2D eigenvalue weighted by Crippen LogP contribution is -2.45. The summed E-state index contributed by atoms with van der Waals surface area (Å²) >= 11 is 0. The van der Waals surface area contributed by atoms with Crippen molar-refractivity contribution in [2.45, 2.75) is 25.4 Å². The minimum Gasteiger partial charge on any atom is -0.492 e. The van der Waals surface area contributed by atoms with Gasteiger partial charge in [-0.1, -0.05) is 18.2 Å². The largest absolute Gasteiger partial charge is 0.492 e. The minimum absolute atomic E-state index is 0.201. The van der Waals surface area contributed by atoms with E-state index in [1.165, 1.54) is 24.0 Å². The molecule has 142 valence electrons. The number of ether oxygens (including phenoxy) is 3. The zero-order chi connectivity index (χ0) is 18.5. The van der Waals surface area contributed by atoms with Crippen molar-refractivity contribution >= 4 is 6.03 Å². The van der Waals surface area contributed by atoms with Gasteiger partial charge in [-0.15, -0.1) is 0 Å². The highest BCUT2D eigenvalue weighted by Crippen LogP contribution is 2.30. The van der Waals surface area contributed by atoms with Gasteiger partial charge in [0.2, 0.25) is 0 Å². The van der Waals surface area contributed by atoms with Gasteiger partial charge in [0.05, 0.1) is 13.1 Å². The Morgan fingerprint density at radius 2 is 1.93 bits per heavy atom. The van der Waals surface area contributed by atoms with E-state index in [4.69, 9.17) is 14.2 Å². The number of aryl methyl sites for hydroxylation is 2. The predicted molar refractivity (Wildman–Crippen MR) is 102 cm³/mol. The molecule has 2 aromatic rings. The third-order valence-electron chi connectivity index (χ3n) is 4.78. The summed E-state index contributed by atoms with van der Waals surface area (Å²) in [5.41, 5.74) is 2.81. The van der Waals surface area contributed by atoms with E-state index in [0.29, 0.717) is 32.1 Å². The Labute approximate surface area is 158 Å². The standard InChI is InChI=1S/C21H24N2O4/c24-21(23-13-18-14-26-19-6-1-2-7-20(19)27-18)22-10-11-25-17-9-8-15-4-3-5-16(15)12-17/h1-2,6-9,12,18H,3-5,10-11,13-14H2,(H2,22,23,24)/t18-/m1/s1. The zero-order valence-electron chi connectivity index (χ0n) is 15.2. The van der Waals surface area contributed by atoms with Gasteiger partial charge in [-0.05, 0) is 54.7 Å². The maximum absolute atomic E-state index is 11.9. The van der Waals surface area contributed by atoms with Crippen molar-refractivity contribution in [3.8, 4) is 17.2 Å². The van der Waals surface area contributed by atoms with Crippen molar-refractivity contribution in [2.24, 2.45) is 0 Å². The minimum atomic E-state index is -0.241. The Kier molecular flexibility index (Phi) is 5.32. The lowest BCUT2D eigenvalue weighted by molar-refractivity contribution is 0.0918. The van der Waals surface area contributed by atoms with Crippen LogP contribution in [0.3, 0.4) is 0 Å². The molecule has 2 aliphatic rings. The number of benzene rings is 2. The van der Waals surface area contributed by atoms with E-state index in [9.17, 15) is 4.79 Å². The van der Waals surface area contributed by atoms with Gasteiger partial charge in [0, 0.05) is 0 Å². The van der Waals surface area contributed by atoms with Crippen LogP contribution < -0.4 is 24.8 Å². The molecule has 0 bridgehead atoms. The SMILES string of the molecule is O=C(NCCOc1ccc2c(c1)CCC2)NC[C@@H]1COc2ccccc2O1. The van der Waals surface area contributed by atoms with E-state index < -0.39 is 0 Å². The van der Waals surface area contributed by atoms with Crippen molar-refractivity contribution in [2.75, 3.05) is 26.3 Å². The number of urea groups is 1. The molecular formula is C21H24N2O4. The fourth-order valence-corrected chi connectivity index (χ4v) is 3.40. The number of carbonyl (C=O) groups excluding carboxylic acids is 1. The number of fused-ring (bicyclic) bond motifs is 2. The predicted octanol–water partition coefficient (Wildman–Crippen LogP) is 2.69. The lowest BCUT2D eigenvalue weighted by atomic mass is 10.1. The number of para-hydroxylation sites is 2. The molecule has 0 unspecified atom stereocenters. The molecule has 0 saturated heterocycles. The Bertz CT molecular complexity index is 809. The van der Waals surface area contributed by atoms with Gasteiger partial charge in [-0.2, -0.15) is 0 Å². The Hall–Kier alpha value is -2.89. The normalized spacial score (nSPS) is 17.1. The fourth-order valence-electron chi connectivity index (χ4n) is 3.40. The molecule has 1 atom stereocenters. The summed E-state index contributed by atoms with van der Waals surface area (Å²) in [5, 5.41) is 5.60. The number of hydrogen-bond acceptors (Lipinski definition) is 4. The van der Waals surface area contributed by atoms with Crippen LogP contribution in [0.15, 0.2) is 42.5 Å². The molecule has 2 amide bonds. The molecular weight excluding hydrogens is 344 g/mol. The quantitative estimate of drug-likeness (QED) is 0.770. The van der Waals surface area contributed by atoms with Crippen LogP contribution in [0.25, 0.3) is 0 Å². The third kappa shape index (κ3) is 4.45. The number of nitrogens with one attached hydrogen (secondary N) is 2. The van der Waals surface area contributed by atoms with Crippen LogP contribution in [0.4, 0.5) is 4.79 Å². The summed E-state index contributed by atoms with van der Waals surface area (Å²) in [5.74, 6) is 2.31. The molecule has 1 heterocycles. The Morgan fingerprint density at radius 3 is 2.85 bits per heavy atom. The number of hydrogen-bond donors (Lipinski definition) is 2. The first kappa shape index (κ1) is 17.5. The van der Waals surface area contributed by atoms with Crippen molar-refractivity contribution < 1.29 is 19.0 Å². The van der Waals surface area contributed by atoms with E-state index >= 15 is 0 Å². The summed E-state index contributed by atoms with van der Waals surface area (Å²) in [6.07, 6.45) is 3.32. The van der Waals surface area contributed by atoms with Crippen LogP contribution in [-0.2, 0) is 12.8 Å². The summed E-state index contributed by atoms with van der Waals surface area (Å²) < 4.78 is 17.2. The molecule has 0 fully saturated rings. The second-order valence-electron chi connectivity index (χ2n) is 6.77. The topological polar surface area (TPSA) is 68.8 Å². The van der Waals surface area contributed by atoms with Crippen LogP contribution in [0, 0.1) is 0 Å². The highest BCUT2D eigenvalue weighted by molar-refractivity contribution is 5.73. The van der Waals surface area contributed by atoms with Crippen LogP contribution in [0.2, 0.25) is 0 Å². The van der Waals surface area contributed by atoms with Gasteiger partial charge >= 0.3 is 6.03 Å². The summed E-state index contributed by atoms with van der Waals surface area (Å²) in [7, 11) is 0. The van der Waals surface area contributed by atoms with Gasteiger partial charge in [0.1, 0.15) is 19.0 Å². The summed E-state index contributed by atoms with van der Waals surface area (Å²) in [6.45, 7) is 1.67. The van der Waals surface area contributed by atoms with Crippen LogP contribution in [-0.4, -0.2) is 38.4 Å². The first-order valence-electron chi connectivity index (χ1n) is 9.43. The monoisotopic (exact) mass is 368 g/mol. The molecule has 0 spiro atoms. The Balaban J connectivity index is 1.13. The van der Waals surface area contributed by atoms with E-state index in [1.54, 1.807) is 0 Å². The van der Waals surface area contributed by atoms with Crippen molar-refractivity contribution in [3.05, 3.63) is 53.6 Å². The molecule has 0 radical (unpaired) electrons. The first-order valence-corrected chi connectivity index (χ1v) is 9.43. The average Bonchev–Trinajstić information content (AvgIpc) is 3.17. The number of amides is 2. The van der Waals surface area contributed by atoms with Crippen LogP contribution in [0.1, 0.15) is 17.5 Å². The molecule has 2 N–H and O–H groups in total. The molecule has 27 heavy (non-hydrogen) atoms. The van der Waals surface area contributed by atoms with Gasteiger partial charge < -0.3 is 24.8 Å². The third-order valence-corrected chi connectivity index (χ3v) is 4.78. The molecule has 4 rings (SSSR count). The summed E-state index contributed by atoms with van der Waals surface area (Å²) in [4.78, 5) is 11.9. The molecule has 1 aliphatic carbocycles. The van der Waals surface area contributed by atoms with Gasteiger partial charge in [-0.25, -0.2) is 4.79 Å². The zero-order valence-corrected chi connectivity index (χ0v) is 15.2. The Morgan fingerprint density at radius 1 is 1.07 bits per heavy atom. The van der Waals surface area contributed by atoms with Gasteiger partial charge in [-0.3, -0.25) is 0 Å².